The van der Waals surface area contributed by atoms with Crippen LogP contribution < -0.4 is 9.64 Å². The maximum atomic E-state index is 13.3. The largest absolute Gasteiger partial charge is 0.489 e. The molecule has 6 heteroatoms. The zero-order valence-corrected chi connectivity index (χ0v) is 20.3. The number of hydrogen-bond acceptors (Lipinski definition) is 5. The molecule has 0 radical (unpaired) electrons. The second-order valence-electron chi connectivity index (χ2n) is 9.54. The van der Waals surface area contributed by atoms with Crippen LogP contribution in [0.4, 0.5) is 5.82 Å². The average Bonchev–Trinajstić information content (AvgIpc) is 2.93. The minimum atomic E-state index is 0.111. The van der Waals surface area contributed by atoms with Crippen LogP contribution >= 0.6 is 0 Å². The first-order valence-corrected chi connectivity index (χ1v) is 12.7. The van der Waals surface area contributed by atoms with Crippen molar-refractivity contribution >= 4 is 11.7 Å². The van der Waals surface area contributed by atoms with Crippen molar-refractivity contribution in [3.63, 3.8) is 0 Å². The van der Waals surface area contributed by atoms with E-state index in [1.165, 1.54) is 6.42 Å². The molecule has 0 aliphatic carbocycles. The highest BCUT2D eigenvalue weighted by Gasteiger charge is 2.27. The Morgan fingerprint density at radius 3 is 2.54 bits per heavy atom. The second kappa shape index (κ2) is 11.4. The van der Waals surface area contributed by atoms with E-state index in [4.69, 9.17) is 4.74 Å². The highest BCUT2D eigenvalue weighted by molar-refractivity contribution is 5.94. The SMILES string of the molecule is O=C(c1cccc(OCc2ccccc2)c1)N1CCCC(CN2CCN(c3ccccn3)CC2)C1. The van der Waals surface area contributed by atoms with Gasteiger partial charge < -0.3 is 14.5 Å². The molecule has 2 fully saturated rings. The number of ether oxygens (including phenoxy) is 1. The number of carbonyl (C=O) groups excluding carboxylic acids is 1. The monoisotopic (exact) mass is 470 g/mol. The first kappa shape index (κ1) is 23.4. The minimum absolute atomic E-state index is 0.111. The molecule has 0 N–H and O–H groups in total. The summed E-state index contributed by atoms with van der Waals surface area (Å²) in [5, 5.41) is 0. The number of amides is 1. The van der Waals surface area contributed by atoms with Gasteiger partial charge in [0.15, 0.2) is 0 Å². The van der Waals surface area contributed by atoms with E-state index >= 15 is 0 Å². The van der Waals surface area contributed by atoms with Crippen LogP contribution in [0.15, 0.2) is 79.0 Å². The third-order valence-electron chi connectivity index (χ3n) is 7.00. The number of piperidine rings is 1. The third kappa shape index (κ3) is 6.20. The van der Waals surface area contributed by atoms with Gasteiger partial charge in [0.2, 0.25) is 0 Å². The van der Waals surface area contributed by atoms with Crippen molar-refractivity contribution < 1.29 is 9.53 Å². The number of aromatic nitrogens is 1. The molecule has 1 unspecified atom stereocenters. The number of piperazine rings is 1. The molecule has 6 nitrogen and oxygen atoms in total. The molecular formula is C29H34N4O2. The Hall–Kier alpha value is -3.38. The lowest BCUT2D eigenvalue weighted by molar-refractivity contribution is 0.0636. The number of hydrogen-bond donors (Lipinski definition) is 0. The molecule has 2 aromatic carbocycles. The van der Waals surface area contributed by atoms with Crippen molar-refractivity contribution in [2.75, 3.05) is 50.7 Å². The highest BCUT2D eigenvalue weighted by Crippen LogP contribution is 2.23. The highest BCUT2D eigenvalue weighted by atomic mass is 16.5. The standard InChI is InChI=1S/C29H34N4O2/c34-29(26-11-6-12-27(20-26)35-23-24-8-2-1-3-9-24)33-15-7-10-25(22-33)21-31-16-18-32(19-17-31)28-13-4-5-14-30-28/h1-6,8-9,11-14,20,25H,7,10,15-19,21-23H2. The number of rotatable bonds is 7. The van der Waals surface area contributed by atoms with Crippen LogP contribution in [0.1, 0.15) is 28.8 Å². The van der Waals surface area contributed by atoms with Gasteiger partial charge in [-0.05, 0) is 54.7 Å². The smallest absolute Gasteiger partial charge is 0.253 e. The number of anilines is 1. The molecule has 2 aliphatic heterocycles. The molecule has 5 rings (SSSR count). The minimum Gasteiger partial charge on any atom is -0.489 e. The van der Waals surface area contributed by atoms with E-state index in [0.717, 1.165) is 69.4 Å². The Kier molecular flexibility index (Phi) is 7.59. The van der Waals surface area contributed by atoms with Crippen LogP contribution in [0.3, 0.4) is 0 Å². The van der Waals surface area contributed by atoms with E-state index in [1.807, 2.05) is 77.8 Å². The topological polar surface area (TPSA) is 48.9 Å². The van der Waals surface area contributed by atoms with Crippen LogP contribution in [-0.2, 0) is 6.61 Å². The van der Waals surface area contributed by atoms with E-state index < -0.39 is 0 Å². The Balaban J connectivity index is 1.12. The first-order chi connectivity index (χ1) is 17.2. The molecule has 0 saturated carbocycles. The molecular weight excluding hydrogens is 436 g/mol. The zero-order valence-electron chi connectivity index (χ0n) is 20.3. The summed E-state index contributed by atoms with van der Waals surface area (Å²) in [4.78, 5) is 24.7. The predicted octanol–water partition coefficient (Wildman–Crippen LogP) is 4.34. The van der Waals surface area contributed by atoms with E-state index in [9.17, 15) is 4.79 Å². The molecule has 35 heavy (non-hydrogen) atoms. The average molecular weight is 471 g/mol. The number of likely N-dealkylation sites (tertiary alicyclic amines) is 1. The van der Waals surface area contributed by atoms with Crippen LogP contribution in [0.25, 0.3) is 0 Å². The molecule has 3 heterocycles. The van der Waals surface area contributed by atoms with Gasteiger partial charge in [-0.15, -0.1) is 0 Å². The summed E-state index contributed by atoms with van der Waals surface area (Å²) >= 11 is 0. The molecule has 1 amide bonds. The van der Waals surface area contributed by atoms with Gasteiger partial charge in [-0.25, -0.2) is 4.98 Å². The normalized spacial score (nSPS) is 18.9. The molecule has 182 valence electrons. The summed E-state index contributed by atoms with van der Waals surface area (Å²) in [6, 6.07) is 23.8. The molecule has 2 saturated heterocycles. The number of carbonyl (C=O) groups is 1. The van der Waals surface area contributed by atoms with Crippen molar-refractivity contribution in [2.24, 2.45) is 5.92 Å². The van der Waals surface area contributed by atoms with Gasteiger partial charge in [0.1, 0.15) is 18.2 Å². The van der Waals surface area contributed by atoms with Crippen molar-refractivity contribution in [1.82, 2.24) is 14.8 Å². The summed E-state index contributed by atoms with van der Waals surface area (Å²) < 4.78 is 5.95. The Morgan fingerprint density at radius 1 is 0.914 bits per heavy atom. The number of nitrogens with zero attached hydrogens (tertiary/aromatic N) is 4. The van der Waals surface area contributed by atoms with E-state index in [-0.39, 0.29) is 5.91 Å². The van der Waals surface area contributed by atoms with E-state index in [0.29, 0.717) is 18.1 Å². The molecule has 0 spiro atoms. The van der Waals surface area contributed by atoms with Crippen LogP contribution in [0.2, 0.25) is 0 Å². The molecule has 1 atom stereocenters. The Labute approximate surface area is 208 Å². The van der Waals surface area contributed by atoms with Crippen molar-refractivity contribution in [3.05, 3.63) is 90.1 Å². The molecule has 1 aromatic heterocycles. The zero-order chi connectivity index (χ0) is 23.9. The summed E-state index contributed by atoms with van der Waals surface area (Å²) in [7, 11) is 0. The fraction of sp³-hybridized carbons (Fsp3) is 0.379. The molecule has 0 bridgehead atoms. The Bertz CT molecular complexity index is 1080. The second-order valence-corrected chi connectivity index (χ2v) is 9.54. The van der Waals surface area contributed by atoms with E-state index in [1.54, 1.807) is 0 Å². The van der Waals surface area contributed by atoms with Crippen LogP contribution in [0.5, 0.6) is 5.75 Å². The van der Waals surface area contributed by atoms with Crippen LogP contribution in [-0.4, -0.2) is 66.5 Å². The van der Waals surface area contributed by atoms with Crippen molar-refractivity contribution in [3.8, 4) is 5.75 Å². The number of benzene rings is 2. The Morgan fingerprint density at radius 2 is 1.74 bits per heavy atom. The van der Waals surface area contributed by atoms with E-state index in [2.05, 4.69) is 20.9 Å². The van der Waals surface area contributed by atoms with Gasteiger partial charge in [0.25, 0.3) is 5.91 Å². The third-order valence-corrected chi connectivity index (χ3v) is 7.00. The fourth-order valence-corrected chi connectivity index (χ4v) is 5.11. The summed E-state index contributed by atoms with van der Waals surface area (Å²) in [6.07, 6.45) is 4.11. The quantitative estimate of drug-likeness (QED) is 0.514. The first-order valence-electron chi connectivity index (χ1n) is 12.7. The number of pyridine rings is 1. The predicted molar refractivity (Wildman–Crippen MR) is 139 cm³/mol. The lowest BCUT2D eigenvalue weighted by Gasteiger charge is -2.39. The van der Waals surface area contributed by atoms with Gasteiger partial charge in [0, 0.05) is 57.6 Å². The lowest BCUT2D eigenvalue weighted by Crippen LogP contribution is -2.50. The van der Waals surface area contributed by atoms with Gasteiger partial charge in [0.05, 0.1) is 0 Å². The summed E-state index contributed by atoms with van der Waals surface area (Å²) in [5.74, 6) is 2.43. The lowest BCUT2D eigenvalue weighted by atomic mass is 9.96. The summed E-state index contributed by atoms with van der Waals surface area (Å²) in [5.41, 5.74) is 1.82. The van der Waals surface area contributed by atoms with Gasteiger partial charge in [-0.2, -0.15) is 0 Å². The van der Waals surface area contributed by atoms with Crippen molar-refractivity contribution in [1.29, 1.82) is 0 Å². The van der Waals surface area contributed by atoms with Crippen molar-refractivity contribution in [2.45, 2.75) is 19.4 Å². The summed E-state index contributed by atoms with van der Waals surface area (Å²) in [6.45, 7) is 7.30. The maximum Gasteiger partial charge on any atom is 0.253 e. The molecule has 3 aromatic rings. The van der Waals surface area contributed by atoms with Gasteiger partial charge in [-0.3, -0.25) is 9.69 Å². The fourth-order valence-electron chi connectivity index (χ4n) is 5.11. The molecule has 2 aliphatic rings. The maximum absolute atomic E-state index is 13.3. The van der Waals surface area contributed by atoms with Crippen LogP contribution in [0, 0.1) is 5.92 Å². The van der Waals surface area contributed by atoms with Gasteiger partial charge in [-0.1, -0.05) is 42.5 Å². The van der Waals surface area contributed by atoms with Gasteiger partial charge >= 0.3 is 0 Å².